The first-order chi connectivity index (χ1) is 8.69. The molecule has 1 aliphatic carbocycles. The molecule has 19 heavy (non-hydrogen) atoms. The highest BCUT2D eigenvalue weighted by Crippen LogP contribution is 2.35. The van der Waals surface area contributed by atoms with Gasteiger partial charge in [0.15, 0.2) is 5.60 Å². The van der Waals surface area contributed by atoms with Gasteiger partial charge in [0.25, 0.3) is 0 Å². The first-order valence-electron chi connectivity index (χ1n) is 6.34. The van der Waals surface area contributed by atoms with E-state index in [1.54, 1.807) is 0 Å². The van der Waals surface area contributed by atoms with Gasteiger partial charge in [-0.15, -0.1) is 0 Å². The Morgan fingerprint density at radius 2 is 1.89 bits per heavy atom. The molecule has 0 bridgehead atoms. The van der Waals surface area contributed by atoms with Crippen LogP contribution in [0, 0.1) is 0 Å². The molecular formula is C12H23N3O4. The standard InChI is InChI=1S/C12H23N3O4/c1-11(19,9(16)17)7-13-10(18)14-8-12(15(2)3)5-4-6-12/h19H,4-8H2,1-3H3,(H,16,17)(H2,13,14,18). The average Bonchev–Trinajstić information content (AvgIpc) is 2.24. The van der Waals surface area contributed by atoms with Crippen LogP contribution in [0.2, 0.25) is 0 Å². The molecule has 1 rings (SSSR count). The van der Waals surface area contributed by atoms with Gasteiger partial charge in [-0.3, -0.25) is 0 Å². The van der Waals surface area contributed by atoms with E-state index in [1.807, 2.05) is 14.1 Å². The number of nitrogens with zero attached hydrogens (tertiary/aromatic N) is 1. The van der Waals surface area contributed by atoms with E-state index in [1.165, 1.54) is 0 Å². The van der Waals surface area contributed by atoms with Gasteiger partial charge in [0.2, 0.25) is 0 Å². The number of likely N-dealkylation sites (N-methyl/N-ethyl adjacent to an activating group) is 1. The predicted molar refractivity (Wildman–Crippen MR) is 69.9 cm³/mol. The van der Waals surface area contributed by atoms with E-state index in [0.717, 1.165) is 26.2 Å². The second-order valence-corrected chi connectivity index (χ2v) is 5.59. The third-order valence-electron chi connectivity index (χ3n) is 3.86. The number of nitrogens with one attached hydrogen (secondary N) is 2. The maximum atomic E-state index is 11.6. The maximum absolute atomic E-state index is 11.6. The van der Waals surface area contributed by atoms with Gasteiger partial charge in [0, 0.05) is 12.1 Å². The minimum Gasteiger partial charge on any atom is -0.479 e. The van der Waals surface area contributed by atoms with E-state index in [-0.39, 0.29) is 12.1 Å². The molecule has 1 saturated carbocycles. The lowest BCUT2D eigenvalue weighted by molar-refractivity contribution is -0.155. The zero-order chi connectivity index (χ0) is 14.7. The molecule has 2 amide bonds. The SMILES string of the molecule is CN(C)C1(CNC(=O)NCC(C)(O)C(=O)O)CCC1. The second-order valence-electron chi connectivity index (χ2n) is 5.59. The molecule has 4 N–H and O–H groups in total. The predicted octanol–water partition coefficient (Wildman–Crippen LogP) is -0.394. The fraction of sp³-hybridized carbons (Fsp3) is 0.833. The summed E-state index contributed by atoms with van der Waals surface area (Å²) in [6.45, 7) is 1.33. The number of rotatable bonds is 6. The number of aliphatic carboxylic acids is 1. The van der Waals surface area contributed by atoms with Crippen LogP contribution in [0.25, 0.3) is 0 Å². The highest BCUT2D eigenvalue weighted by Gasteiger charge is 2.39. The number of carbonyl (C=O) groups is 2. The molecule has 1 unspecified atom stereocenters. The molecule has 0 spiro atoms. The van der Waals surface area contributed by atoms with Crippen molar-refractivity contribution in [2.75, 3.05) is 27.2 Å². The van der Waals surface area contributed by atoms with Crippen molar-refractivity contribution in [2.24, 2.45) is 0 Å². The lowest BCUT2D eigenvalue weighted by Crippen LogP contribution is -2.59. The third kappa shape index (κ3) is 3.81. The number of urea groups is 1. The zero-order valence-electron chi connectivity index (χ0n) is 11.7. The van der Waals surface area contributed by atoms with Gasteiger partial charge in [-0.25, -0.2) is 9.59 Å². The first-order valence-corrected chi connectivity index (χ1v) is 6.34. The average molecular weight is 273 g/mol. The second kappa shape index (κ2) is 5.75. The van der Waals surface area contributed by atoms with Crippen LogP contribution in [-0.4, -0.2) is 65.4 Å². The summed E-state index contributed by atoms with van der Waals surface area (Å²) in [6.07, 6.45) is 3.22. The van der Waals surface area contributed by atoms with Crippen molar-refractivity contribution in [3.05, 3.63) is 0 Å². The van der Waals surface area contributed by atoms with Crippen LogP contribution in [0.5, 0.6) is 0 Å². The van der Waals surface area contributed by atoms with Crippen molar-refractivity contribution in [2.45, 2.75) is 37.3 Å². The third-order valence-corrected chi connectivity index (χ3v) is 3.86. The molecule has 7 nitrogen and oxygen atoms in total. The number of carboxylic acids is 1. The zero-order valence-corrected chi connectivity index (χ0v) is 11.7. The molecule has 0 aromatic carbocycles. The number of hydrogen-bond acceptors (Lipinski definition) is 4. The highest BCUT2D eigenvalue weighted by molar-refractivity contribution is 5.79. The van der Waals surface area contributed by atoms with Gasteiger partial charge >= 0.3 is 12.0 Å². The topological polar surface area (TPSA) is 102 Å². The van der Waals surface area contributed by atoms with Crippen LogP contribution in [0.15, 0.2) is 0 Å². The molecular weight excluding hydrogens is 250 g/mol. The number of carboxylic acid groups (broad SMARTS) is 1. The Labute approximate surface area is 113 Å². The van der Waals surface area contributed by atoms with Crippen LogP contribution in [-0.2, 0) is 4.79 Å². The maximum Gasteiger partial charge on any atom is 0.337 e. The van der Waals surface area contributed by atoms with Crippen LogP contribution >= 0.6 is 0 Å². The molecule has 0 saturated heterocycles. The van der Waals surface area contributed by atoms with Crippen molar-refractivity contribution in [3.63, 3.8) is 0 Å². The van der Waals surface area contributed by atoms with Gasteiger partial charge in [0.1, 0.15) is 0 Å². The summed E-state index contributed by atoms with van der Waals surface area (Å²) in [6, 6.07) is -0.463. The smallest absolute Gasteiger partial charge is 0.337 e. The Kier molecular flexibility index (Phi) is 4.75. The quantitative estimate of drug-likeness (QED) is 0.528. The Hall–Kier alpha value is -1.34. The Morgan fingerprint density at radius 1 is 1.32 bits per heavy atom. The van der Waals surface area contributed by atoms with Gasteiger partial charge in [-0.05, 0) is 40.3 Å². The van der Waals surface area contributed by atoms with Crippen molar-refractivity contribution in [3.8, 4) is 0 Å². The molecule has 0 radical (unpaired) electrons. The van der Waals surface area contributed by atoms with Crippen LogP contribution in [0.1, 0.15) is 26.2 Å². The number of carbonyl (C=O) groups excluding carboxylic acids is 1. The summed E-state index contributed by atoms with van der Waals surface area (Å²) in [5.74, 6) is -1.36. The fourth-order valence-corrected chi connectivity index (χ4v) is 2.00. The van der Waals surface area contributed by atoms with Gasteiger partial charge in [-0.1, -0.05) is 0 Å². The summed E-state index contributed by atoms with van der Waals surface area (Å²) < 4.78 is 0. The lowest BCUT2D eigenvalue weighted by Gasteiger charge is -2.47. The van der Waals surface area contributed by atoms with E-state index in [9.17, 15) is 14.7 Å². The summed E-state index contributed by atoms with van der Waals surface area (Å²) >= 11 is 0. The Morgan fingerprint density at radius 3 is 2.26 bits per heavy atom. The van der Waals surface area contributed by atoms with Crippen molar-refractivity contribution < 1.29 is 19.8 Å². The Balaban J connectivity index is 2.34. The molecule has 1 fully saturated rings. The first kappa shape index (κ1) is 15.7. The van der Waals surface area contributed by atoms with Crippen LogP contribution in [0.4, 0.5) is 4.79 Å². The molecule has 0 aromatic heterocycles. The normalized spacial score (nSPS) is 20.3. The summed E-state index contributed by atoms with van der Waals surface area (Å²) in [5, 5.41) is 23.3. The lowest BCUT2D eigenvalue weighted by atomic mass is 9.75. The molecule has 1 atom stereocenters. The molecule has 7 heteroatoms. The van der Waals surface area contributed by atoms with Crippen LogP contribution < -0.4 is 10.6 Å². The van der Waals surface area contributed by atoms with E-state index in [2.05, 4.69) is 15.5 Å². The van der Waals surface area contributed by atoms with E-state index < -0.39 is 17.6 Å². The molecule has 0 aliphatic heterocycles. The monoisotopic (exact) mass is 273 g/mol. The largest absolute Gasteiger partial charge is 0.479 e. The van der Waals surface area contributed by atoms with E-state index in [0.29, 0.717) is 6.54 Å². The summed E-state index contributed by atoms with van der Waals surface area (Å²) in [7, 11) is 3.96. The van der Waals surface area contributed by atoms with E-state index >= 15 is 0 Å². The highest BCUT2D eigenvalue weighted by atomic mass is 16.4. The number of amides is 2. The van der Waals surface area contributed by atoms with Gasteiger partial charge in [-0.2, -0.15) is 0 Å². The van der Waals surface area contributed by atoms with E-state index in [4.69, 9.17) is 5.11 Å². The summed E-state index contributed by atoms with van der Waals surface area (Å²) in [4.78, 5) is 24.3. The van der Waals surface area contributed by atoms with Gasteiger partial charge < -0.3 is 25.7 Å². The number of hydrogen-bond donors (Lipinski definition) is 4. The summed E-state index contributed by atoms with van der Waals surface area (Å²) in [5.41, 5.74) is -1.94. The molecule has 110 valence electrons. The van der Waals surface area contributed by atoms with Crippen molar-refractivity contribution in [1.82, 2.24) is 15.5 Å². The fourth-order valence-electron chi connectivity index (χ4n) is 2.00. The molecule has 0 aromatic rings. The van der Waals surface area contributed by atoms with Gasteiger partial charge in [0.05, 0.1) is 6.54 Å². The van der Waals surface area contributed by atoms with Crippen LogP contribution in [0.3, 0.4) is 0 Å². The Bertz CT molecular complexity index is 351. The van der Waals surface area contributed by atoms with Crippen molar-refractivity contribution in [1.29, 1.82) is 0 Å². The molecule has 0 heterocycles. The minimum atomic E-state index is -1.95. The number of aliphatic hydroxyl groups is 1. The van der Waals surface area contributed by atoms with Crippen molar-refractivity contribution >= 4 is 12.0 Å². The molecule has 1 aliphatic rings. The minimum absolute atomic E-state index is 0.00660.